The van der Waals surface area contributed by atoms with Gasteiger partial charge in [0.15, 0.2) is 11.6 Å². The van der Waals surface area contributed by atoms with Crippen LogP contribution in [0.4, 0.5) is 8.78 Å². The van der Waals surface area contributed by atoms with Gasteiger partial charge in [0, 0.05) is 0 Å². The summed E-state index contributed by atoms with van der Waals surface area (Å²) in [6.45, 7) is 0.0193. The van der Waals surface area contributed by atoms with Crippen molar-refractivity contribution in [2.24, 2.45) is 0 Å². The van der Waals surface area contributed by atoms with Crippen LogP contribution in [0.1, 0.15) is 12.8 Å². The maximum Gasteiger partial charge on any atom is 0.165 e. The Balaban J connectivity index is 2.32. The standard InChI is InChI=1S/C10H12F2O/c11-7-3-4-8-13-10-6-2-1-5-9(10)12/h1-2,5-6H,3-4,7-8H2. The number of rotatable bonds is 5. The second-order valence-electron chi connectivity index (χ2n) is 2.67. The van der Waals surface area contributed by atoms with Gasteiger partial charge in [0.05, 0.1) is 13.3 Å². The van der Waals surface area contributed by atoms with Crippen LogP contribution in [0.2, 0.25) is 0 Å². The fourth-order valence-corrected chi connectivity index (χ4v) is 0.940. The van der Waals surface area contributed by atoms with E-state index in [-0.39, 0.29) is 18.2 Å². The Hall–Kier alpha value is -1.12. The number of unbranched alkanes of at least 4 members (excludes halogenated alkanes) is 1. The first-order valence-electron chi connectivity index (χ1n) is 4.28. The largest absolute Gasteiger partial charge is 0.491 e. The monoisotopic (exact) mass is 186 g/mol. The van der Waals surface area contributed by atoms with E-state index in [4.69, 9.17) is 4.74 Å². The minimum absolute atomic E-state index is 0.237. The first-order chi connectivity index (χ1) is 6.34. The number of halogens is 2. The molecule has 1 aromatic rings. The zero-order chi connectivity index (χ0) is 9.52. The molecular formula is C10H12F2O. The Morgan fingerprint density at radius 1 is 1.15 bits per heavy atom. The van der Waals surface area contributed by atoms with Gasteiger partial charge in [0.1, 0.15) is 0 Å². The molecule has 0 N–H and O–H groups in total. The molecule has 72 valence electrons. The average Bonchev–Trinajstić information content (AvgIpc) is 2.15. The molecule has 1 rings (SSSR count). The lowest BCUT2D eigenvalue weighted by molar-refractivity contribution is 0.284. The van der Waals surface area contributed by atoms with Crippen molar-refractivity contribution in [3.05, 3.63) is 30.1 Å². The van der Waals surface area contributed by atoms with Gasteiger partial charge in [-0.25, -0.2) is 4.39 Å². The van der Waals surface area contributed by atoms with E-state index in [0.29, 0.717) is 19.4 Å². The summed E-state index contributed by atoms with van der Waals surface area (Å²) in [5.74, 6) is -0.135. The summed E-state index contributed by atoms with van der Waals surface area (Å²) in [6, 6.07) is 6.20. The minimum Gasteiger partial charge on any atom is -0.491 e. The summed E-state index contributed by atoms with van der Waals surface area (Å²) < 4.78 is 29.7. The predicted molar refractivity (Wildman–Crippen MR) is 47.1 cm³/mol. The maximum atomic E-state index is 12.9. The predicted octanol–water partition coefficient (Wildman–Crippen LogP) is 2.95. The summed E-state index contributed by atoms with van der Waals surface area (Å²) in [5.41, 5.74) is 0. The van der Waals surface area contributed by atoms with Crippen molar-refractivity contribution in [2.75, 3.05) is 13.3 Å². The van der Waals surface area contributed by atoms with Gasteiger partial charge >= 0.3 is 0 Å². The summed E-state index contributed by atoms with van der Waals surface area (Å²) in [5, 5.41) is 0. The van der Waals surface area contributed by atoms with Crippen molar-refractivity contribution >= 4 is 0 Å². The quantitative estimate of drug-likeness (QED) is 0.642. The van der Waals surface area contributed by atoms with Gasteiger partial charge in [-0.2, -0.15) is 0 Å². The van der Waals surface area contributed by atoms with Crippen LogP contribution in [-0.2, 0) is 0 Å². The SMILES string of the molecule is FCCCCOc1ccccc1F. The van der Waals surface area contributed by atoms with Crippen molar-refractivity contribution in [1.29, 1.82) is 0 Å². The van der Waals surface area contributed by atoms with Gasteiger partial charge in [0.2, 0.25) is 0 Å². The van der Waals surface area contributed by atoms with E-state index in [1.807, 2.05) is 0 Å². The first kappa shape index (κ1) is 9.96. The van der Waals surface area contributed by atoms with Crippen LogP contribution in [0.5, 0.6) is 5.75 Å². The number of benzene rings is 1. The molecule has 0 unspecified atom stereocenters. The highest BCUT2D eigenvalue weighted by atomic mass is 19.1. The molecule has 0 amide bonds. The number of hydrogen-bond acceptors (Lipinski definition) is 1. The number of hydrogen-bond donors (Lipinski definition) is 0. The maximum absolute atomic E-state index is 12.9. The van der Waals surface area contributed by atoms with Gasteiger partial charge in [-0.15, -0.1) is 0 Å². The molecule has 0 aliphatic rings. The van der Waals surface area contributed by atoms with Crippen molar-refractivity contribution < 1.29 is 13.5 Å². The minimum atomic E-state index is -0.372. The van der Waals surface area contributed by atoms with Crippen molar-refractivity contribution in [2.45, 2.75) is 12.8 Å². The molecule has 0 saturated heterocycles. The molecule has 0 heterocycles. The van der Waals surface area contributed by atoms with E-state index in [2.05, 4.69) is 0 Å². The van der Waals surface area contributed by atoms with Crippen molar-refractivity contribution in [3.8, 4) is 5.75 Å². The zero-order valence-electron chi connectivity index (χ0n) is 7.30. The summed E-state index contributed by atoms with van der Waals surface area (Å²) in [4.78, 5) is 0. The normalized spacial score (nSPS) is 10.0. The molecule has 1 nitrogen and oxygen atoms in total. The summed E-state index contributed by atoms with van der Waals surface area (Å²) in [7, 11) is 0. The van der Waals surface area contributed by atoms with Gasteiger partial charge in [-0.05, 0) is 25.0 Å². The van der Waals surface area contributed by atoms with Crippen LogP contribution in [0.3, 0.4) is 0 Å². The molecule has 3 heteroatoms. The number of para-hydroxylation sites is 1. The average molecular weight is 186 g/mol. The van der Waals surface area contributed by atoms with Crippen LogP contribution >= 0.6 is 0 Å². The summed E-state index contributed by atoms with van der Waals surface area (Å²) >= 11 is 0. The lowest BCUT2D eigenvalue weighted by Crippen LogP contribution is -1.99. The summed E-state index contributed by atoms with van der Waals surface area (Å²) in [6.07, 6.45) is 1.08. The van der Waals surface area contributed by atoms with Gasteiger partial charge in [-0.3, -0.25) is 4.39 Å². The van der Waals surface area contributed by atoms with Gasteiger partial charge < -0.3 is 4.74 Å². The molecular weight excluding hydrogens is 174 g/mol. The Morgan fingerprint density at radius 3 is 2.62 bits per heavy atom. The van der Waals surface area contributed by atoms with Gasteiger partial charge in [0.25, 0.3) is 0 Å². The second kappa shape index (κ2) is 5.51. The second-order valence-corrected chi connectivity index (χ2v) is 2.67. The number of alkyl halides is 1. The molecule has 0 bridgehead atoms. The van der Waals surface area contributed by atoms with Crippen LogP contribution in [0, 0.1) is 5.82 Å². The van der Waals surface area contributed by atoms with E-state index in [9.17, 15) is 8.78 Å². The molecule has 0 saturated carbocycles. The van der Waals surface area contributed by atoms with E-state index in [1.54, 1.807) is 18.2 Å². The van der Waals surface area contributed by atoms with Crippen LogP contribution in [-0.4, -0.2) is 13.3 Å². The lowest BCUT2D eigenvalue weighted by Gasteiger charge is -2.05. The highest BCUT2D eigenvalue weighted by Crippen LogP contribution is 2.15. The Labute approximate surface area is 76.3 Å². The molecule has 0 fully saturated rings. The number of ether oxygens (including phenoxy) is 1. The molecule has 0 radical (unpaired) electrons. The van der Waals surface area contributed by atoms with Crippen LogP contribution in [0.25, 0.3) is 0 Å². The molecule has 1 aromatic carbocycles. The smallest absolute Gasteiger partial charge is 0.165 e. The van der Waals surface area contributed by atoms with Crippen LogP contribution < -0.4 is 4.74 Å². The van der Waals surface area contributed by atoms with E-state index in [1.165, 1.54) is 6.07 Å². The van der Waals surface area contributed by atoms with Crippen molar-refractivity contribution in [1.82, 2.24) is 0 Å². The molecule has 0 aliphatic heterocycles. The van der Waals surface area contributed by atoms with Crippen molar-refractivity contribution in [3.63, 3.8) is 0 Å². The third kappa shape index (κ3) is 3.40. The molecule has 0 aliphatic carbocycles. The van der Waals surface area contributed by atoms with E-state index >= 15 is 0 Å². The topological polar surface area (TPSA) is 9.23 Å². The Kier molecular flexibility index (Phi) is 4.23. The fourth-order valence-electron chi connectivity index (χ4n) is 0.940. The fraction of sp³-hybridized carbons (Fsp3) is 0.400. The molecule has 0 aromatic heterocycles. The Morgan fingerprint density at radius 2 is 1.92 bits per heavy atom. The third-order valence-corrected chi connectivity index (χ3v) is 1.62. The molecule has 13 heavy (non-hydrogen) atoms. The third-order valence-electron chi connectivity index (χ3n) is 1.62. The lowest BCUT2D eigenvalue weighted by atomic mass is 10.3. The highest BCUT2D eigenvalue weighted by molar-refractivity contribution is 5.23. The van der Waals surface area contributed by atoms with E-state index < -0.39 is 0 Å². The van der Waals surface area contributed by atoms with E-state index in [0.717, 1.165) is 0 Å². The molecule has 0 atom stereocenters. The zero-order valence-corrected chi connectivity index (χ0v) is 7.30. The van der Waals surface area contributed by atoms with Crippen LogP contribution in [0.15, 0.2) is 24.3 Å². The Bertz CT molecular complexity index is 250. The molecule has 0 spiro atoms. The van der Waals surface area contributed by atoms with Gasteiger partial charge in [-0.1, -0.05) is 12.1 Å². The first-order valence-corrected chi connectivity index (χ1v) is 4.28. The highest BCUT2D eigenvalue weighted by Gasteiger charge is 1.99.